The van der Waals surface area contributed by atoms with E-state index in [1.807, 2.05) is 13.0 Å². The summed E-state index contributed by atoms with van der Waals surface area (Å²) in [6.45, 7) is 1.86. The number of halogens is 1. The van der Waals surface area contributed by atoms with E-state index in [9.17, 15) is 19.2 Å². The highest BCUT2D eigenvalue weighted by atomic mass is 35.5. The lowest BCUT2D eigenvalue weighted by Crippen LogP contribution is -2.52. The van der Waals surface area contributed by atoms with Crippen molar-refractivity contribution in [2.24, 2.45) is 0 Å². The minimum Gasteiger partial charge on any atom is -0.421 e. The number of benzene rings is 2. The first-order valence-corrected chi connectivity index (χ1v) is 8.97. The Morgan fingerprint density at radius 1 is 1.00 bits per heavy atom. The molecule has 4 amide bonds. The average molecular weight is 413 g/mol. The second kappa shape index (κ2) is 7.89. The predicted molar refractivity (Wildman–Crippen MR) is 107 cm³/mol. The van der Waals surface area contributed by atoms with Gasteiger partial charge in [-0.25, -0.2) is 9.59 Å². The lowest BCUT2D eigenvalue weighted by Gasteiger charge is -2.28. The highest BCUT2D eigenvalue weighted by Crippen LogP contribution is 2.28. The SMILES string of the molecule is Cc1cccc(C(=O)Oc2ccc(C=C3C(=O)N(C)C(=O)N(C)C3=O)cc2Cl)c1. The smallest absolute Gasteiger partial charge is 0.343 e. The molecule has 3 rings (SSSR count). The molecule has 2 aromatic carbocycles. The first-order valence-electron chi connectivity index (χ1n) is 8.59. The Bertz CT molecular complexity index is 1050. The van der Waals surface area contributed by atoms with Crippen LogP contribution in [0, 0.1) is 6.92 Å². The summed E-state index contributed by atoms with van der Waals surface area (Å²) in [7, 11) is 2.59. The number of esters is 1. The van der Waals surface area contributed by atoms with Gasteiger partial charge in [0.1, 0.15) is 11.3 Å². The number of imide groups is 2. The second-order valence-electron chi connectivity index (χ2n) is 6.52. The van der Waals surface area contributed by atoms with Crippen molar-refractivity contribution in [1.82, 2.24) is 9.80 Å². The third kappa shape index (κ3) is 4.05. The molecule has 0 bridgehead atoms. The highest BCUT2D eigenvalue weighted by Gasteiger charge is 2.37. The maximum absolute atomic E-state index is 12.3. The fourth-order valence-corrected chi connectivity index (χ4v) is 2.99. The standard InChI is InChI=1S/C21H17ClN2O5/c1-12-5-4-6-14(9-12)20(27)29-17-8-7-13(11-16(17)22)10-15-18(25)23(2)21(28)24(3)19(15)26/h4-11H,1-3H3. The molecule has 0 spiro atoms. The zero-order valence-corrected chi connectivity index (χ0v) is 16.7. The monoisotopic (exact) mass is 412 g/mol. The van der Waals surface area contributed by atoms with E-state index in [-0.39, 0.29) is 16.3 Å². The molecule has 2 aromatic rings. The van der Waals surface area contributed by atoms with Crippen molar-refractivity contribution in [3.8, 4) is 5.75 Å². The van der Waals surface area contributed by atoms with Crippen LogP contribution in [0.5, 0.6) is 5.75 Å². The second-order valence-corrected chi connectivity index (χ2v) is 6.92. The number of carbonyl (C=O) groups is 4. The summed E-state index contributed by atoms with van der Waals surface area (Å²) in [4.78, 5) is 50.3. The van der Waals surface area contributed by atoms with Gasteiger partial charge in [0.25, 0.3) is 11.8 Å². The van der Waals surface area contributed by atoms with Crippen molar-refractivity contribution >= 4 is 41.5 Å². The van der Waals surface area contributed by atoms with Gasteiger partial charge in [-0.15, -0.1) is 0 Å². The Balaban J connectivity index is 1.85. The molecule has 0 N–H and O–H groups in total. The molecule has 1 saturated heterocycles. The van der Waals surface area contributed by atoms with Gasteiger partial charge in [0.2, 0.25) is 0 Å². The van der Waals surface area contributed by atoms with Crippen LogP contribution >= 0.6 is 11.6 Å². The van der Waals surface area contributed by atoms with Crippen LogP contribution in [-0.4, -0.2) is 47.7 Å². The van der Waals surface area contributed by atoms with E-state index in [2.05, 4.69) is 0 Å². The molecule has 148 valence electrons. The maximum atomic E-state index is 12.3. The number of carbonyl (C=O) groups excluding carboxylic acids is 4. The fourth-order valence-electron chi connectivity index (χ4n) is 2.76. The minimum atomic E-state index is -0.704. The summed E-state index contributed by atoms with van der Waals surface area (Å²) in [6, 6.07) is 10.7. The van der Waals surface area contributed by atoms with Gasteiger partial charge in [-0.1, -0.05) is 35.4 Å². The summed E-state index contributed by atoms with van der Waals surface area (Å²) >= 11 is 6.21. The molecule has 0 saturated carbocycles. The molecular weight excluding hydrogens is 396 g/mol. The van der Waals surface area contributed by atoms with E-state index in [0.29, 0.717) is 11.1 Å². The van der Waals surface area contributed by atoms with Crippen LogP contribution in [0.1, 0.15) is 21.5 Å². The first kappa shape index (κ1) is 20.3. The van der Waals surface area contributed by atoms with Gasteiger partial charge in [0.15, 0.2) is 0 Å². The van der Waals surface area contributed by atoms with Gasteiger partial charge in [0.05, 0.1) is 10.6 Å². The Kier molecular flexibility index (Phi) is 5.52. The van der Waals surface area contributed by atoms with Crippen molar-refractivity contribution in [3.05, 3.63) is 69.8 Å². The Hall–Kier alpha value is -3.45. The van der Waals surface area contributed by atoms with Gasteiger partial charge in [-0.3, -0.25) is 19.4 Å². The van der Waals surface area contributed by atoms with E-state index in [1.165, 1.54) is 32.3 Å². The van der Waals surface area contributed by atoms with Gasteiger partial charge >= 0.3 is 12.0 Å². The van der Waals surface area contributed by atoms with Crippen LogP contribution < -0.4 is 4.74 Å². The molecule has 8 heteroatoms. The summed E-state index contributed by atoms with van der Waals surface area (Å²) in [5.74, 6) is -1.82. The van der Waals surface area contributed by atoms with Crippen molar-refractivity contribution in [3.63, 3.8) is 0 Å². The lowest BCUT2D eigenvalue weighted by molar-refractivity contribution is -0.134. The van der Waals surface area contributed by atoms with Gasteiger partial charge in [0, 0.05) is 14.1 Å². The third-order valence-electron chi connectivity index (χ3n) is 4.37. The van der Waals surface area contributed by atoms with E-state index in [4.69, 9.17) is 16.3 Å². The highest BCUT2D eigenvalue weighted by molar-refractivity contribution is 6.33. The molecule has 1 fully saturated rings. The van der Waals surface area contributed by atoms with Gasteiger partial charge in [-0.05, 0) is 42.8 Å². The molecule has 0 atom stereocenters. The summed E-state index contributed by atoms with van der Waals surface area (Å²) < 4.78 is 5.34. The summed E-state index contributed by atoms with van der Waals surface area (Å²) in [5, 5.41) is 0.133. The molecule has 29 heavy (non-hydrogen) atoms. The number of nitrogens with zero attached hydrogens (tertiary/aromatic N) is 2. The minimum absolute atomic E-state index is 0.133. The molecule has 0 radical (unpaired) electrons. The predicted octanol–water partition coefficient (Wildman–Crippen LogP) is 3.30. The quantitative estimate of drug-likeness (QED) is 0.334. The molecule has 1 aliphatic heterocycles. The molecular formula is C21H17ClN2O5. The first-order chi connectivity index (χ1) is 13.7. The number of hydrogen-bond acceptors (Lipinski definition) is 5. The van der Waals surface area contributed by atoms with Crippen LogP contribution in [0.25, 0.3) is 6.08 Å². The van der Waals surface area contributed by atoms with Crippen molar-refractivity contribution in [1.29, 1.82) is 0 Å². The van der Waals surface area contributed by atoms with Crippen LogP contribution in [0.4, 0.5) is 4.79 Å². The number of urea groups is 1. The number of ether oxygens (including phenoxy) is 1. The zero-order valence-electron chi connectivity index (χ0n) is 15.9. The van der Waals surface area contributed by atoms with E-state index in [1.54, 1.807) is 24.3 Å². The zero-order chi connectivity index (χ0) is 21.3. The van der Waals surface area contributed by atoms with Gasteiger partial charge < -0.3 is 4.74 Å². The number of aryl methyl sites for hydroxylation is 1. The molecule has 7 nitrogen and oxygen atoms in total. The molecule has 0 aliphatic carbocycles. The topological polar surface area (TPSA) is 84.0 Å². The van der Waals surface area contributed by atoms with Crippen LogP contribution in [0.2, 0.25) is 5.02 Å². The van der Waals surface area contributed by atoms with Crippen molar-refractivity contribution in [2.75, 3.05) is 14.1 Å². The molecule has 0 aromatic heterocycles. The number of amides is 4. The molecule has 1 heterocycles. The Labute approximate surface area is 172 Å². The van der Waals surface area contributed by atoms with Crippen LogP contribution in [-0.2, 0) is 9.59 Å². The molecule has 1 aliphatic rings. The van der Waals surface area contributed by atoms with Crippen LogP contribution in [0.3, 0.4) is 0 Å². The largest absolute Gasteiger partial charge is 0.421 e. The number of hydrogen-bond donors (Lipinski definition) is 0. The average Bonchev–Trinajstić information content (AvgIpc) is 2.70. The third-order valence-corrected chi connectivity index (χ3v) is 4.66. The summed E-state index contributed by atoms with van der Waals surface area (Å²) in [5.41, 5.74) is 1.58. The summed E-state index contributed by atoms with van der Waals surface area (Å²) in [6.07, 6.45) is 1.34. The lowest BCUT2D eigenvalue weighted by atomic mass is 10.1. The number of barbiturate groups is 1. The van der Waals surface area contributed by atoms with E-state index < -0.39 is 23.8 Å². The van der Waals surface area contributed by atoms with E-state index >= 15 is 0 Å². The Morgan fingerprint density at radius 2 is 1.66 bits per heavy atom. The number of likely N-dealkylation sites (N-methyl/N-ethyl adjacent to an activating group) is 2. The van der Waals surface area contributed by atoms with Crippen molar-refractivity contribution < 1.29 is 23.9 Å². The maximum Gasteiger partial charge on any atom is 0.343 e. The normalized spacial score (nSPS) is 14.3. The van der Waals surface area contributed by atoms with Crippen LogP contribution in [0.15, 0.2) is 48.0 Å². The Morgan fingerprint density at radius 3 is 2.24 bits per heavy atom. The molecule has 0 unspecified atom stereocenters. The van der Waals surface area contributed by atoms with Crippen molar-refractivity contribution in [2.45, 2.75) is 6.92 Å². The van der Waals surface area contributed by atoms with E-state index in [0.717, 1.165) is 15.4 Å². The number of rotatable bonds is 3. The van der Waals surface area contributed by atoms with Gasteiger partial charge in [-0.2, -0.15) is 0 Å². The fraction of sp³-hybridized carbons (Fsp3) is 0.143.